The molecule has 5 nitrogen and oxygen atoms in total. The first kappa shape index (κ1) is 21.2. The van der Waals surface area contributed by atoms with E-state index in [0.29, 0.717) is 0 Å². The fourth-order valence-corrected chi connectivity index (χ4v) is 3.12. The van der Waals surface area contributed by atoms with Crippen LogP contribution >= 0.6 is 24.8 Å². The van der Waals surface area contributed by atoms with E-state index in [2.05, 4.69) is 21.6 Å². The third-order valence-corrected chi connectivity index (χ3v) is 4.39. The van der Waals surface area contributed by atoms with Gasteiger partial charge >= 0.3 is 0 Å². The second-order valence-electron chi connectivity index (χ2n) is 6.06. The van der Waals surface area contributed by atoms with E-state index < -0.39 is 0 Å². The fourth-order valence-electron chi connectivity index (χ4n) is 3.12. The minimum Gasteiger partial charge on any atom is -0.379 e. The zero-order chi connectivity index (χ0) is 15.2. The number of morpholine rings is 1. The summed E-state index contributed by atoms with van der Waals surface area (Å²) in [5.41, 5.74) is 1.91. The quantitative estimate of drug-likeness (QED) is 0.842. The Bertz CT molecular complexity index is 504. The molecule has 2 aliphatic rings. The summed E-state index contributed by atoms with van der Waals surface area (Å²) in [5.74, 6) is 0.0533. The number of hydrogen-bond acceptors (Lipinski definition) is 4. The number of carbonyl (C=O) groups excluding carboxylic acids is 1. The second-order valence-corrected chi connectivity index (χ2v) is 6.06. The molecule has 1 amide bonds. The second kappa shape index (κ2) is 10.9. The van der Waals surface area contributed by atoms with Gasteiger partial charge in [-0.3, -0.25) is 9.69 Å². The van der Waals surface area contributed by atoms with Crippen molar-refractivity contribution >= 4 is 30.7 Å². The smallest absolute Gasteiger partial charge is 0.251 e. The first-order chi connectivity index (χ1) is 10.8. The van der Waals surface area contributed by atoms with Crippen LogP contribution in [0.4, 0.5) is 0 Å². The number of nitrogens with zero attached hydrogens (tertiary/aromatic N) is 1. The summed E-state index contributed by atoms with van der Waals surface area (Å²) < 4.78 is 5.39. The average molecular weight is 376 g/mol. The molecule has 136 valence electrons. The first-order valence-electron chi connectivity index (χ1n) is 8.22. The van der Waals surface area contributed by atoms with E-state index in [1.165, 1.54) is 0 Å². The molecule has 0 saturated carbocycles. The molecular formula is C17H27Cl2N3O2. The van der Waals surface area contributed by atoms with Crippen LogP contribution in [0.25, 0.3) is 0 Å². The lowest BCUT2D eigenvalue weighted by Crippen LogP contribution is -2.46. The van der Waals surface area contributed by atoms with Gasteiger partial charge in [0.05, 0.1) is 13.2 Å². The molecule has 24 heavy (non-hydrogen) atoms. The third kappa shape index (κ3) is 5.90. The van der Waals surface area contributed by atoms with Gasteiger partial charge in [0, 0.05) is 37.8 Å². The molecule has 7 heteroatoms. The predicted molar refractivity (Wildman–Crippen MR) is 100 cm³/mol. The molecule has 0 radical (unpaired) electrons. The number of nitrogens with one attached hydrogen (secondary N) is 2. The summed E-state index contributed by atoms with van der Waals surface area (Å²) in [5, 5.41) is 6.50. The molecule has 2 fully saturated rings. The van der Waals surface area contributed by atoms with Crippen molar-refractivity contribution in [3.05, 3.63) is 35.4 Å². The molecule has 0 bridgehead atoms. The topological polar surface area (TPSA) is 53.6 Å². The Hall–Kier alpha value is -0.850. The van der Waals surface area contributed by atoms with Crippen LogP contribution in [0.3, 0.4) is 0 Å². The number of carbonyl (C=O) groups is 1. The molecule has 2 aliphatic heterocycles. The molecule has 1 aromatic carbocycles. The summed E-state index contributed by atoms with van der Waals surface area (Å²) >= 11 is 0. The molecule has 0 spiro atoms. The van der Waals surface area contributed by atoms with Gasteiger partial charge in [-0.1, -0.05) is 18.2 Å². The molecule has 1 atom stereocenters. The largest absolute Gasteiger partial charge is 0.379 e. The Morgan fingerprint density at radius 1 is 1.25 bits per heavy atom. The maximum absolute atomic E-state index is 12.6. The highest BCUT2D eigenvalue weighted by atomic mass is 35.5. The highest BCUT2D eigenvalue weighted by molar-refractivity contribution is 5.95. The monoisotopic (exact) mass is 375 g/mol. The number of hydrogen-bond donors (Lipinski definition) is 2. The SMILES string of the molecule is Cl.Cl.O=C(N[C@H]1CCCNC1)c1ccccc1CN1CCOCC1. The van der Waals surface area contributed by atoms with Crippen molar-refractivity contribution in [1.82, 2.24) is 15.5 Å². The van der Waals surface area contributed by atoms with Gasteiger partial charge in [-0.2, -0.15) is 0 Å². The van der Waals surface area contributed by atoms with E-state index in [1.807, 2.05) is 18.2 Å². The van der Waals surface area contributed by atoms with Gasteiger partial charge in [0.15, 0.2) is 0 Å². The van der Waals surface area contributed by atoms with Gasteiger partial charge in [-0.05, 0) is 31.0 Å². The van der Waals surface area contributed by atoms with Crippen LogP contribution in [-0.4, -0.2) is 56.2 Å². The van der Waals surface area contributed by atoms with Crippen molar-refractivity contribution in [2.45, 2.75) is 25.4 Å². The highest BCUT2D eigenvalue weighted by Crippen LogP contribution is 2.14. The van der Waals surface area contributed by atoms with Gasteiger partial charge < -0.3 is 15.4 Å². The Kier molecular flexibility index (Phi) is 9.63. The van der Waals surface area contributed by atoms with E-state index in [0.717, 1.165) is 69.9 Å². The van der Waals surface area contributed by atoms with Crippen molar-refractivity contribution in [2.75, 3.05) is 39.4 Å². The minimum atomic E-state index is 0. The molecular weight excluding hydrogens is 349 g/mol. The van der Waals surface area contributed by atoms with Crippen molar-refractivity contribution in [1.29, 1.82) is 0 Å². The van der Waals surface area contributed by atoms with Gasteiger partial charge in [0.1, 0.15) is 0 Å². The zero-order valence-electron chi connectivity index (χ0n) is 13.8. The van der Waals surface area contributed by atoms with Crippen LogP contribution in [0.15, 0.2) is 24.3 Å². The Balaban J connectivity index is 0.00000144. The number of piperidine rings is 1. The van der Waals surface area contributed by atoms with Gasteiger partial charge in [-0.25, -0.2) is 0 Å². The molecule has 1 aromatic rings. The first-order valence-corrected chi connectivity index (χ1v) is 8.22. The van der Waals surface area contributed by atoms with Crippen LogP contribution in [0.5, 0.6) is 0 Å². The number of rotatable bonds is 4. The van der Waals surface area contributed by atoms with Crippen LogP contribution in [0, 0.1) is 0 Å². The van der Waals surface area contributed by atoms with E-state index in [9.17, 15) is 4.79 Å². The molecule has 2 N–H and O–H groups in total. The molecule has 3 rings (SSSR count). The summed E-state index contributed by atoms with van der Waals surface area (Å²) in [6.07, 6.45) is 2.19. The van der Waals surface area contributed by atoms with Crippen molar-refractivity contribution in [3.63, 3.8) is 0 Å². The van der Waals surface area contributed by atoms with Crippen molar-refractivity contribution in [3.8, 4) is 0 Å². The molecule has 2 heterocycles. The number of amides is 1. The maximum Gasteiger partial charge on any atom is 0.251 e. The number of ether oxygens (including phenoxy) is 1. The van der Waals surface area contributed by atoms with E-state index in [4.69, 9.17) is 4.74 Å². The normalized spacial score (nSPS) is 21.2. The van der Waals surface area contributed by atoms with Gasteiger partial charge in [-0.15, -0.1) is 24.8 Å². The number of benzene rings is 1. The fraction of sp³-hybridized carbons (Fsp3) is 0.588. The Morgan fingerprint density at radius 2 is 2.00 bits per heavy atom. The summed E-state index contributed by atoms with van der Waals surface area (Å²) in [4.78, 5) is 14.9. The molecule has 0 aliphatic carbocycles. The van der Waals surface area contributed by atoms with Crippen LogP contribution in [0.2, 0.25) is 0 Å². The summed E-state index contributed by atoms with van der Waals surface area (Å²) in [6, 6.07) is 8.19. The summed E-state index contributed by atoms with van der Waals surface area (Å²) in [6.45, 7) is 6.17. The van der Waals surface area contributed by atoms with Gasteiger partial charge in [0.25, 0.3) is 5.91 Å². The Labute approximate surface area is 156 Å². The van der Waals surface area contributed by atoms with Crippen LogP contribution in [0.1, 0.15) is 28.8 Å². The van der Waals surface area contributed by atoms with Crippen LogP contribution in [-0.2, 0) is 11.3 Å². The van der Waals surface area contributed by atoms with Crippen LogP contribution < -0.4 is 10.6 Å². The standard InChI is InChI=1S/C17H25N3O2.2ClH/c21-17(19-15-5-3-7-18-12-15)16-6-2-1-4-14(16)13-20-8-10-22-11-9-20;;/h1-2,4,6,15,18H,3,5,7-13H2,(H,19,21);2*1H/t15-;;/m0../s1. The number of halogens is 2. The van der Waals surface area contributed by atoms with E-state index in [1.54, 1.807) is 0 Å². The predicted octanol–water partition coefficient (Wildman–Crippen LogP) is 1.84. The zero-order valence-corrected chi connectivity index (χ0v) is 15.5. The van der Waals surface area contributed by atoms with Crippen molar-refractivity contribution < 1.29 is 9.53 Å². The maximum atomic E-state index is 12.6. The van der Waals surface area contributed by atoms with Crippen molar-refractivity contribution in [2.24, 2.45) is 0 Å². The molecule has 2 saturated heterocycles. The van der Waals surface area contributed by atoms with E-state index >= 15 is 0 Å². The molecule has 0 aromatic heterocycles. The minimum absolute atomic E-state index is 0. The van der Waals surface area contributed by atoms with Gasteiger partial charge in [0.2, 0.25) is 0 Å². The van der Waals surface area contributed by atoms with E-state index in [-0.39, 0.29) is 36.8 Å². The lowest BCUT2D eigenvalue weighted by molar-refractivity contribution is 0.0340. The molecule has 0 unspecified atom stereocenters. The third-order valence-electron chi connectivity index (χ3n) is 4.39. The lowest BCUT2D eigenvalue weighted by atomic mass is 10.0. The Morgan fingerprint density at radius 3 is 2.71 bits per heavy atom. The summed E-state index contributed by atoms with van der Waals surface area (Å²) in [7, 11) is 0. The highest BCUT2D eigenvalue weighted by Gasteiger charge is 2.19. The average Bonchev–Trinajstić information content (AvgIpc) is 2.57. The lowest BCUT2D eigenvalue weighted by Gasteiger charge is -2.28.